The molecule has 0 radical (unpaired) electrons. The molecule has 148 valence electrons. The first kappa shape index (κ1) is 19.8. The summed E-state index contributed by atoms with van der Waals surface area (Å²) in [5.74, 6) is 0.628. The Kier molecular flexibility index (Phi) is 6.36. The number of hydrazone groups is 1. The molecule has 0 aliphatic rings. The summed E-state index contributed by atoms with van der Waals surface area (Å²) in [5.41, 5.74) is 3.69. The topological polar surface area (TPSA) is 106 Å². The second kappa shape index (κ2) is 9.32. The van der Waals surface area contributed by atoms with Gasteiger partial charge in [0.1, 0.15) is 5.69 Å². The van der Waals surface area contributed by atoms with Crippen LogP contribution in [0.25, 0.3) is 11.3 Å². The number of ether oxygens (including phenoxy) is 2. The molecule has 0 saturated heterocycles. The van der Waals surface area contributed by atoms with Gasteiger partial charge in [0.25, 0.3) is 5.91 Å². The van der Waals surface area contributed by atoms with Gasteiger partial charge in [-0.05, 0) is 36.8 Å². The molecule has 0 aliphatic heterocycles. The van der Waals surface area contributed by atoms with Gasteiger partial charge < -0.3 is 14.5 Å². The molecule has 8 heteroatoms. The summed E-state index contributed by atoms with van der Waals surface area (Å²) in [6, 6.07) is 15.9. The van der Waals surface area contributed by atoms with E-state index in [9.17, 15) is 9.59 Å². The third-order valence-electron chi connectivity index (χ3n) is 3.93. The summed E-state index contributed by atoms with van der Waals surface area (Å²) >= 11 is 0. The largest absolute Gasteiger partial charge is 0.493 e. The fourth-order valence-electron chi connectivity index (χ4n) is 2.60. The number of aromatic nitrogens is 2. The number of rotatable bonds is 7. The van der Waals surface area contributed by atoms with Gasteiger partial charge in [0.05, 0.1) is 25.6 Å². The predicted molar refractivity (Wildman–Crippen MR) is 110 cm³/mol. The summed E-state index contributed by atoms with van der Waals surface area (Å²) in [6.45, 7) is 2.37. The number of carbonyl (C=O) groups excluding carboxylic acids is 1. The summed E-state index contributed by atoms with van der Waals surface area (Å²) in [7, 11) is 1.56. The standard InChI is InChI=1S/C21H20N4O4/c1-3-29-19-11-14(9-10-18(19)28-2)13-22-25-20(26)17-12-16(23-21(27)24-17)15-7-5-4-6-8-15/h4-13H,3H2,1-2H3,(H,25,26)(H,23,24,27)/b22-13+. The Morgan fingerprint density at radius 1 is 1.17 bits per heavy atom. The summed E-state index contributed by atoms with van der Waals surface area (Å²) in [6.07, 6.45) is 1.47. The Morgan fingerprint density at radius 2 is 1.97 bits per heavy atom. The zero-order chi connectivity index (χ0) is 20.6. The van der Waals surface area contributed by atoms with Gasteiger partial charge >= 0.3 is 5.69 Å². The lowest BCUT2D eigenvalue weighted by molar-refractivity contribution is 0.0949. The number of H-pyrrole nitrogens is 1. The highest BCUT2D eigenvalue weighted by Crippen LogP contribution is 2.27. The fourth-order valence-corrected chi connectivity index (χ4v) is 2.60. The van der Waals surface area contributed by atoms with Crippen molar-refractivity contribution in [1.29, 1.82) is 0 Å². The first-order valence-electron chi connectivity index (χ1n) is 8.91. The van der Waals surface area contributed by atoms with Gasteiger partial charge in [-0.2, -0.15) is 10.1 Å². The molecule has 1 heterocycles. The van der Waals surface area contributed by atoms with Crippen LogP contribution in [0.4, 0.5) is 0 Å². The SMILES string of the molecule is CCOc1cc(/C=N/NC(=O)c2cc(-c3ccccc3)nc(=O)[nH]2)ccc1OC. The van der Waals surface area contributed by atoms with Crippen molar-refractivity contribution < 1.29 is 14.3 Å². The van der Waals surface area contributed by atoms with Crippen LogP contribution in [0, 0.1) is 0 Å². The predicted octanol–water partition coefficient (Wildman–Crippen LogP) is 2.61. The van der Waals surface area contributed by atoms with E-state index in [1.54, 1.807) is 37.4 Å². The number of nitrogens with one attached hydrogen (secondary N) is 2. The minimum atomic E-state index is -0.614. The Bertz CT molecular complexity index is 1080. The minimum absolute atomic E-state index is 0.0609. The van der Waals surface area contributed by atoms with Crippen LogP contribution in [0.3, 0.4) is 0 Å². The van der Waals surface area contributed by atoms with E-state index in [-0.39, 0.29) is 5.69 Å². The van der Waals surface area contributed by atoms with Crippen LogP contribution < -0.4 is 20.6 Å². The zero-order valence-corrected chi connectivity index (χ0v) is 16.0. The van der Waals surface area contributed by atoms with E-state index < -0.39 is 11.6 Å². The van der Waals surface area contributed by atoms with Gasteiger partial charge in [-0.3, -0.25) is 4.79 Å². The maximum Gasteiger partial charge on any atom is 0.346 e. The Labute approximate surface area is 167 Å². The quantitative estimate of drug-likeness (QED) is 0.475. The number of hydrogen-bond acceptors (Lipinski definition) is 6. The lowest BCUT2D eigenvalue weighted by Crippen LogP contribution is -2.24. The number of nitrogens with zero attached hydrogens (tertiary/aromatic N) is 2. The fraction of sp³-hybridized carbons (Fsp3) is 0.143. The first-order valence-corrected chi connectivity index (χ1v) is 8.91. The third-order valence-corrected chi connectivity index (χ3v) is 3.93. The summed E-state index contributed by atoms with van der Waals surface area (Å²) in [5, 5.41) is 3.94. The van der Waals surface area contributed by atoms with E-state index >= 15 is 0 Å². The monoisotopic (exact) mass is 392 g/mol. The number of hydrogen-bond donors (Lipinski definition) is 2. The number of carbonyl (C=O) groups is 1. The van der Waals surface area contributed by atoms with Crippen molar-refractivity contribution in [2.75, 3.05) is 13.7 Å². The summed E-state index contributed by atoms with van der Waals surface area (Å²) < 4.78 is 10.7. The van der Waals surface area contributed by atoms with Gasteiger partial charge in [0.15, 0.2) is 11.5 Å². The van der Waals surface area contributed by atoms with Crippen molar-refractivity contribution in [1.82, 2.24) is 15.4 Å². The molecule has 0 atom stereocenters. The molecule has 2 aromatic carbocycles. The van der Waals surface area contributed by atoms with E-state index in [4.69, 9.17) is 9.47 Å². The van der Waals surface area contributed by atoms with E-state index in [1.807, 2.05) is 25.1 Å². The maximum absolute atomic E-state index is 12.4. The molecule has 29 heavy (non-hydrogen) atoms. The lowest BCUT2D eigenvalue weighted by Gasteiger charge is -2.09. The van der Waals surface area contributed by atoms with Gasteiger partial charge in [0.2, 0.25) is 0 Å². The molecule has 2 N–H and O–H groups in total. The normalized spacial score (nSPS) is 10.7. The number of methoxy groups -OCH3 is 1. The van der Waals surface area contributed by atoms with Crippen molar-refractivity contribution in [3.8, 4) is 22.8 Å². The molecular formula is C21H20N4O4. The molecule has 0 fully saturated rings. The second-order valence-electron chi connectivity index (χ2n) is 5.89. The molecule has 3 aromatic rings. The highest BCUT2D eigenvalue weighted by Gasteiger charge is 2.10. The molecule has 0 unspecified atom stereocenters. The molecule has 1 amide bonds. The molecule has 1 aromatic heterocycles. The van der Waals surface area contributed by atoms with Gasteiger partial charge in [-0.15, -0.1) is 0 Å². The Balaban J connectivity index is 1.75. The van der Waals surface area contributed by atoms with Crippen molar-refractivity contribution in [2.45, 2.75) is 6.92 Å². The highest BCUT2D eigenvalue weighted by molar-refractivity contribution is 5.94. The Hall–Kier alpha value is -3.94. The van der Waals surface area contributed by atoms with Gasteiger partial charge in [0, 0.05) is 5.56 Å². The molecule has 0 spiro atoms. The maximum atomic E-state index is 12.4. The van der Waals surface area contributed by atoms with Crippen LogP contribution in [0.2, 0.25) is 0 Å². The second-order valence-corrected chi connectivity index (χ2v) is 5.89. The van der Waals surface area contributed by atoms with Crippen LogP contribution in [-0.2, 0) is 0 Å². The number of aromatic amines is 1. The van der Waals surface area contributed by atoms with Crippen molar-refractivity contribution in [2.24, 2.45) is 5.10 Å². The molecule has 8 nitrogen and oxygen atoms in total. The molecule has 0 aliphatic carbocycles. The van der Waals surface area contributed by atoms with Crippen LogP contribution in [0.5, 0.6) is 11.5 Å². The van der Waals surface area contributed by atoms with E-state index in [0.29, 0.717) is 29.4 Å². The van der Waals surface area contributed by atoms with E-state index in [1.165, 1.54) is 12.3 Å². The smallest absolute Gasteiger partial charge is 0.346 e. The van der Waals surface area contributed by atoms with Gasteiger partial charge in [-0.1, -0.05) is 30.3 Å². The molecule has 0 saturated carbocycles. The first-order chi connectivity index (χ1) is 14.1. The molecular weight excluding hydrogens is 372 g/mol. The van der Waals surface area contributed by atoms with Gasteiger partial charge in [-0.25, -0.2) is 10.2 Å². The third kappa shape index (κ3) is 5.07. The zero-order valence-electron chi connectivity index (χ0n) is 16.0. The van der Waals surface area contributed by atoms with Crippen LogP contribution in [0.1, 0.15) is 23.0 Å². The average molecular weight is 392 g/mol. The molecule has 3 rings (SSSR count). The van der Waals surface area contributed by atoms with Crippen LogP contribution in [0.15, 0.2) is 64.5 Å². The number of benzene rings is 2. The van der Waals surface area contributed by atoms with E-state index in [2.05, 4.69) is 20.5 Å². The highest BCUT2D eigenvalue weighted by atomic mass is 16.5. The Morgan fingerprint density at radius 3 is 2.69 bits per heavy atom. The van der Waals surface area contributed by atoms with Crippen LogP contribution in [-0.4, -0.2) is 35.8 Å². The number of amides is 1. The minimum Gasteiger partial charge on any atom is -0.493 e. The van der Waals surface area contributed by atoms with Crippen molar-refractivity contribution >= 4 is 12.1 Å². The summed E-state index contributed by atoms with van der Waals surface area (Å²) in [4.78, 5) is 30.5. The van der Waals surface area contributed by atoms with Crippen molar-refractivity contribution in [3.05, 3.63) is 76.3 Å². The molecule has 0 bridgehead atoms. The van der Waals surface area contributed by atoms with Crippen molar-refractivity contribution in [3.63, 3.8) is 0 Å². The van der Waals surface area contributed by atoms with E-state index in [0.717, 1.165) is 5.56 Å². The van der Waals surface area contributed by atoms with Crippen LogP contribution >= 0.6 is 0 Å². The average Bonchev–Trinajstić information content (AvgIpc) is 2.74. The lowest BCUT2D eigenvalue weighted by atomic mass is 10.1.